The SMILES string of the molecule is O=C(Cn1c2ccccc2c(=O)c2ccccc21)OCc1cn(Cc2ccc([N+](=O)[O-])o2)nn1. The lowest BCUT2D eigenvalue weighted by atomic mass is 10.1. The van der Waals surface area contributed by atoms with Crippen molar-refractivity contribution in [2.75, 3.05) is 0 Å². The number of nitrogens with zero attached hydrogens (tertiary/aromatic N) is 5. The van der Waals surface area contributed by atoms with Gasteiger partial charge < -0.3 is 13.7 Å². The van der Waals surface area contributed by atoms with E-state index < -0.39 is 10.9 Å². The van der Waals surface area contributed by atoms with Crippen LogP contribution in [-0.4, -0.2) is 30.5 Å². The van der Waals surface area contributed by atoms with E-state index in [4.69, 9.17) is 9.15 Å². The monoisotopic (exact) mass is 459 g/mol. The number of hydrogen-bond donors (Lipinski definition) is 0. The number of rotatable bonds is 7. The summed E-state index contributed by atoms with van der Waals surface area (Å²) in [6.45, 7) is -0.0527. The summed E-state index contributed by atoms with van der Waals surface area (Å²) in [5.74, 6) is -0.515. The summed E-state index contributed by atoms with van der Waals surface area (Å²) in [7, 11) is 0. The van der Waals surface area contributed by atoms with E-state index in [1.807, 2.05) is 12.1 Å². The van der Waals surface area contributed by atoms with Crippen LogP contribution in [0, 0.1) is 10.1 Å². The molecule has 0 aliphatic rings. The molecule has 0 fully saturated rings. The lowest BCUT2D eigenvalue weighted by Gasteiger charge is -2.14. The van der Waals surface area contributed by atoms with Crippen molar-refractivity contribution < 1.29 is 18.9 Å². The maximum Gasteiger partial charge on any atom is 0.433 e. The van der Waals surface area contributed by atoms with E-state index >= 15 is 0 Å². The van der Waals surface area contributed by atoms with Crippen LogP contribution in [0.15, 0.2) is 76.1 Å². The number of fused-ring (bicyclic) bond motifs is 2. The van der Waals surface area contributed by atoms with Gasteiger partial charge in [0.2, 0.25) is 0 Å². The van der Waals surface area contributed by atoms with E-state index in [1.54, 1.807) is 47.2 Å². The van der Waals surface area contributed by atoms with Crippen LogP contribution < -0.4 is 5.43 Å². The van der Waals surface area contributed by atoms with Crippen molar-refractivity contribution in [2.45, 2.75) is 19.7 Å². The van der Waals surface area contributed by atoms with E-state index in [-0.39, 0.29) is 31.0 Å². The molecule has 0 aliphatic heterocycles. The van der Waals surface area contributed by atoms with Gasteiger partial charge in [-0.05, 0) is 30.3 Å². The van der Waals surface area contributed by atoms with Crippen molar-refractivity contribution >= 4 is 33.7 Å². The van der Waals surface area contributed by atoms with Crippen LogP contribution in [-0.2, 0) is 29.2 Å². The van der Waals surface area contributed by atoms with Gasteiger partial charge in [0.05, 0.1) is 23.3 Å². The Kier molecular flexibility index (Phi) is 5.34. The van der Waals surface area contributed by atoms with Crippen LogP contribution in [0.4, 0.5) is 5.88 Å². The number of hydrogen-bond acceptors (Lipinski definition) is 8. The molecule has 5 rings (SSSR count). The number of esters is 1. The lowest BCUT2D eigenvalue weighted by molar-refractivity contribution is -0.402. The average molecular weight is 459 g/mol. The molecule has 0 amide bonds. The molecule has 11 nitrogen and oxygen atoms in total. The molecule has 0 radical (unpaired) electrons. The minimum absolute atomic E-state index is 0.0886. The minimum atomic E-state index is -0.620. The third-order valence-electron chi connectivity index (χ3n) is 5.28. The molecule has 0 N–H and O–H groups in total. The highest BCUT2D eigenvalue weighted by Crippen LogP contribution is 2.19. The predicted octanol–water partition coefficient (Wildman–Crippen LogP) is 3.04. The molecule has 11 heteroatoms. The van der Waals surface area contributed by atoms with Gasteiger partial charge in [-0.2, -0.15) is 0 Å². The highest BCUT2D eigenvalue weighted by atomic mass is 16.6. The minimum Gasteiger partial charge on any atom is -0.458 e. The first-order valence-electron chi connectivity index (χ1n) is 10.3. The van der Waals surface area contributed by atoms with Gasteiger partial charge in [-0.25, -0.2) is 4.68 Å². The van der Waals surface area contributed by atoms with Gasteiger partial charge in [0.15, 0.2) is 5.43 Å². The zero-order valence-corrected chi connectivity index (χ0v) is 17.7. The summed E-state index contributed by atoms with van der Waals surface area (Å²) in [5, 5.41) is 19.7. The molecule has 0 saturated heterocycles. The van der Waals surface area contributed by atoms with Crippen molar-refractivity contribution in [2.24, 2.45) is 0 Å². The normalized spacial score (nSPS) is 11.2. The van der Waals surface area contributed by atoms with Gasteiger partial charge >= 0.3 is 11.9 Å². The van der Waals surface area contributed by atoms with E-state index in [2.05, 4.69) is 10.3 Å². The Hall–Kier alpha value is -4.80. The van der Waals surface area contributed by atoms with Crippen molar-refractivity contribution in [3.8, 4) is 0 Å². The number of furan rings is 1. The molecule has 0 atom stereocenters. The Morgan fingerprint density at radius 2 is 1.71 bits per heavy atom. The number of nitro groups is 1. The summed E-state index contributed by atoms with van der Waals surface area (Å²) >= 11 is 0. The molecular formula is C23H17N5O6. The van der Waals surface area contributed by atoms with Crippen LogP contribution >= 0.6 is 0 Å². The molecule has 5 aromatic rings. The van der Waals surface area contributed by atoms with Gasteiger partial charge in [0.1, 0.15) is 36.1 Å². The van der Waals surface area contributed by atoms with Gasteiger partial charge in [-0.1, -0.05) is 29.5 Å². The first-order chi connectivity index (χ1) is 16.5. The van der Waals surface area contributed by atoms with Gasteiger partial charge in [-0.3, -0.25) is 19.7 Å². The highest BCUT2D eigenvalue weighted by molar-refractivity contribution is 5.94. The molecule has 0 saturated carbocycles. The fraction of sp³-hybridized carbons (Fsp3) is 0.130. The number of carbonyl (C=O) groups is 1. The number of pyridine rings is 1. The van der Waals surface area contributed by atoms with E-state index in [1.165, 1.54) is 16.8 Å². The third-order valence-corrected chi connectivity index (χ3v) is 5.28. The Labute approximate surface area is 190 Å². The summed E-state index contributed by atoms with van der Waals surface area (Å²) in [6.07, 6.45) is 1.56. The smallest absolute Gasteiger partial charge is 0.433 e. The van der Waals surface area contributed by atoms with Crippen molar-refractivity contribution in [3.63, 3.8) is 0 Å². The standard InChI is InChI=1S/C23H17N5O6/c29-22(33-14-15-11-26(25-24-15)12-16-9-10-21(34-16)28(31)32)13-27-19-7-3-1-5-17(19)23(30)18-6-2-4-8-20(18)27/h1-11H,12-14H2. The molecule has 34 heavy (non-hydrogen) atoms. The Morgan fingerprint density at radius 3 is 2.35 bits per heavy atom. The number of benzene rings is 2. The van der Waals surface area contributed by atoms with Crippen LogP contribution in [0.1, 0.15) is 11.5 Å². The summed E-state index contributed by atoms with van der Waals surface area (Å²) in [5.41, 5.74) is 1.60. The number of ether oxygens (including phenoxy) is 1. The zero-order chi connectivity index (χ0) is 23.7. The van der Waals surface area contributed by atoms with E-state index in [9.17, 15) is 19.7 Å². The summed E-state index contributed by atoms with van der Waals surface area (Å²) in [4.78, 5) is 35.6. The molecule has 170 valence electrons. The first kappa shape index (κ1) is 21.1. The van der Waals surface area contributed by atoms with Crippen molar-refractivity contribution in [1.29, 1.82) is 0 Å². The predicted molar refractivity (Wildman–Crippen MR) is 120 cm³/mol. The van der Waals surface area contributed by atoms with Crippen LogP contribution in [0.2, 0.25) is 0 Å². The van der Waals surface area contributed by atoms with Gasteiger partial charge in [0.25, 0.3) is 0 Å². The fourth-order valence-electron chi connectivity index (χ4n) is 3.77. The first-order valence-corrected chi connectivity index (χ1v) is 10.3. The fourth-order valence-corrected chi connectivity index (χ4v) is 3.77. The molecule has 0 bridgehead atoms. The quantitative estimate of drug-likeness (QED) is 0.157. The molecular weight excluding hydrogens is 442 g/mol. The van der Waals surface area contributed by atoms with Crippen LogP contribution in [0.3, 0.4) is 0 Å². The lowest BCUT2D eigenvalue weighted by Crippen LogP contribution is -2.18. The molecule has 0 aliphatic carbocycles. The summed E-state index contributed by atoms with van der Waals surface area (Å²) < 4.78 is 13.7. The topological polar surface area (TPSA) is 135 Å². The zero-order valence-electron chi connectivity index (χ0n) is 17.7. The molecule has 2 aromatic carbocycles. The van der Waals surface area contributed by atoms with Crippen molar-refractivity contribution in [3.05, 3.63) is 98.7 Å². The second-order valence-electron chi connectivity index (χ2n) is 7.51. The average Bonchev–Trinajstić information content (AvgIpc) is 3.50. The number of para-hydroxylation sites is 2. The molecule has 0 spiro atoms. The summed E-state index contributed by atoms with van der Waals surface area (Å²) in [6, 6.07) is 17.0. The van der Waals surface area contributed by atoms with Crippen LogP contribution in [0.5, 0.6) is 0 Å². The molecule has 3 heterocycles. The maximum atomic E-state index is 12.8. The largest absolute Gasteiger partial charge is 0.458 e. The number of carbonyl (C=O) groups excluding carboxylic acids is 1. The van der Waals surface area contributed by atoms with E-state index in [0.717, 1.165) is 0 Å². The highest BCUT2D eigenvalue weighted by Gasteiger charge is 2.15. The molecule has 3 aromatic heterocycles. The number of aromatic nitrogens is 4. The Bertz CT molecular complexity index is 1540. The van der Waals surface area contributed by atoms with Gasteiger partial charge in [0, 0.05) is 10.8 Å². The van der Waals surface area contributed by atoms with Crippen LogP contribution in [0.25, 0.3) is 21.8 Å². The Morgan fingerprint density at radius 1 is 1.03 bits per heavy atom. The Balaban J connectivity index is 1.30. The van der Waals surface area contributed by atoms with E-state index in [0.29, 0.717) is 33.3 Å². The van der Waals surface area contributed by atoms with Gasteiger partial charge in [-0.15, -0.1) is 5.10 Å². The molecule has 0 unspecified atom stereocenters. The van der Waals surface area contributed by atoms with Crippen molar-refractivity contribution in [1.82, 2.24) is 19.6 Å². The third kappa shape index (κ3) is 4.01. The maximum absolute atomic E-state index is 12.8. The second kappa shape index (κ2) is 8.62. The second-order valence-corrected chi connectivity index (χ2v) is 7.51.